The van der Waals surface area contributed by atoms with E-state index < -0.39 is 5.79 Å². The summed E-state index contributed by atoms with van der Waals surface area (Å²) in [6.07, 6.45) is 9.37. The number of likely N-dealkylation sites (tertiary alicyclic amines) is 1. The number of ether oxygens (including phenoxy) is 4. The summed E-state index contributed by atoms with van der Waals surface area (Å²) < 4.78 is 24.9. The largest absolute Gasteiger partial charge is 0.493 e. The Hall–Kier alpha value is -1.56. The van der Waals surface area contributed by atoms with E-state index in [-0.39, 0.29) is 16.9 Å². The van der Waals surface area contributed by atoms with Gasteiger partial charge in [0.1, 0.15) is 0 Å². The van der Waals surface area contributed by atoms with Crippen LogP contribution < -0.4 is 9.47 Å². The highest BCUT2D eigenvalue weighted by atomic mass is 16.7. The lowest BCUT2D eigenvalue weighted by Gasteiger charge is -2.48. The highest BCUT2D eigenvalue weighted by Crippen LogP contribution is 2.60. The van der Waals surface area contributed by atoms with Gasteiger partial charge >= 0.3 is 0 Å². The monoisotopic (exact) mass is 467 g/mol. The number of hydrogen-bond donors (Lipinski definition) is 0. The van der Waals surface area contributed by atoms with Gasteiger partial charge in [-0.25, -0.2) is 0 Å². The van der Waals surface area contributed by atoms with Crippen LogP contribution in [0.25, 0.3) is 0 Å². The third-order valence-corrected chi connectivity index (χ3v) is 10.2. The van der Waals surface area contributed by atoms with Crippen molar-refractivity contribution in [2.75, 3.05) is 34.4 Å². The van der Waals surface area contributed by atoms with Crippen LogP contribution in [0.5, 0.6) is 11.5 Å². The molecule has 34 heavy (non-hydrogen) atoms. The Morgan fingerprint density at radius 1 is 1.03 bits per heavy atom. The maximum Gasteiger partial charge on any atom is 0.170 e. The van der Waals surface area contributed by atoms with E-state index >= 15 is 0 Å². The van der Waals surface area contributed by atoms with Gasteiger partial charge < -0.3 is 23.8 Å². The highest BCUT2D eigenvalue weighted by molar-refractivity contribution is 5.46. The maximum atomic E-state index is 7.05. The molecule has 1 aromatic carbocycles. The van der Waals surface area contributed by atoms with E-state index in [1.165, 1.54) is 31.2 Å². The molecule has 4 fully saturated rings. The van der Waals surface area contributed by atoms with Crippen LogP contribution in [0.15, 0.2) is 29.3 Å². The molecule has 1 aromatic rings. The second-order valence-corrected chi connectivity index (χ2v) is 12.1. The number of benzene rings is 1. The quantitative estimate of drug-likeness (QED) is 0.550. The molecular formula is C29H41NO4. The Balaban J connectivity index is 1.25. The average molecular weight is 468 g/mol. The van der Waals surface area contributed by atoms with Crippen LogP contribution in [-0.4, -0.2) is 57.3 Å². The highest BCUT2D eigenvalue weighted by Gasteiger charge is 2.60. The van der Waals surface area contributed by atoms with Crippen LogP contribution in [0.3, 0.4) is 0 Å². The van der Waals surface area contributed by atoms with Crippen LogP contribution in [0.4, 0.5) is 0 Å². The van der Waals surface area contributed by atoms with Crippen LogP contribution in [-0.2, 0) is 14.9 Å². The van der Waals surface area contributed by atoms with Gasteiger partial charge in [0.25, 0.3) is 0 Å². The summed E-state index contributed by atoms with van der Waals surface area (Å²) in [5.41, 5.74) is 5.07. The molecule has 0 radical (unpaired) electrons. The molecule has 5 aliphatic rings. The molecule has 2 saturated carbocycles. The van der Waals surface area contributed by atoms with Crippen LogP contribution in [0, 0.1) is 11.3 Å². The first kappa shape index (κ1) is 22.9. The van der Waals surface area contributed by atoms with Crippen LogP contribution in [0.2, 0.25) is 0 Å². The van der Waals surface area contributed by atoms with Gasteiger partial charge in [0.2, 0.25) is 0 Å². The molecule has 6 rings (SSSR count). The van der Waals surface area contributed by atoms with Gasteiger partial charge in [0.05, 0.1) is 26.9 Å². The predicted octanol–water partition coefficient (Wildman–Crippen LogP) is 5.47. The van der Waals surface area contributed by atoms with Crippen molar-refractivity contribution in [2.45, 2.75) is 88.6 Å². The lowest BCUT2D eigenvalue weighted by molar-refractivity contribution is -0.214. The fraction of sp³-hybridized carbons (Fsp3) is 0.724. The van der Waals surface area contributed by atoms with E-state index in [1.807, 2.05) is 0 Å². The summed E-state index contributed by atoms with van der Waals surface area (Å²) in [5, 5.41) is 0. The molecule has 6 atom stereocenters. The molecule has 0 amide bonds. The van der Waals surface area contributed by atoms with E-state index in [9.17, 15) is 0 Å². The Labute approximate surface area is 204 Å². The molecule has 2 heterocycles. The molecule has 6 unspecified atom stereocenters. The number of rotatable bonds is 4. The third-order valence-electron chi connectivity index (χ3n) is 10.2. The molecule has 0 aromatic heterocycles. The molecule has 5 heteroatoms. The van der Waals surface area contributed by atoms with Gasteiger partial charge in [0, 0.05) is 29.7 Å². The van der Waals surface area contributed by atoms with Gasteiger partial charge in [-0.05, 0) is 82.7 Å². The molecule has 1 spiro atoms. The number of allylic oxidation sites excluding steroid dienone is 2. The minimum atomic E-state index is -0.430. The van der Waals surface area contributed by atoms with Crippen molar-refractivity contribution in [1.29, 1.82) is 0 Å². The van der Waals surface area contributed by atoms with E-state index in [2.05, 4.69) is 44.0 Å². The predicted molar refractivity (Wildman–Crippen MR) is 132 cm³/mol. The minimum absolute atomic E-state index is 0.112. The molecule has 2 saturated heterocycles. The molecular weight excluding hydrogens is 426 g/mol. The molecule has 5 nitrogen and oxygen atoms in total. The zero-order valence-electron chi connectivity index (χ0n) is 21.6. The van der Waals surface area contributed by atoms with Crippen molar-refractivity contribution in [3.63, 3.8) is 0 Å². The van der Waals surface area contributed by atoms with Crippen molar-refractivity contribution in [3.05, 3.63) is 34.9 Å². The standard InChI is InChI=1S/C29H41NO4/c1-19-12-21-16-27(14-19,15-20(21)2)26-18-33-29(34-26)9-8-28(10-11-30(3)25(28)17-29)22-6-7-23(31-4)24(13-22)32-5/h6-7,13,19,25-26H,8-12,14-18H2,1-5H3. The number of likely N-dealkylation sites (N-methyl/N-ethyl adjacent to an activating group) is 1. The fourth-order valence-corrected chi connectivity index (χ4v) is 8.52. The van der Waals surface area contributed by atoms with Gasteiger partial charge in [-0.3, -0.25) is 0 Å². The lowest BCUT2D eigenvalue weighted by Crippen LogP contribution is -2.53. The Morgan fingerprint density at radius 3 is 2.65 bits per heavy atom. The van der Waals surface area contributed by atoms with Crippen molar-refractivity contribution >= 4 is 0 Å². The summed E-state index contributed by atoms with van der Waals surface area (Å²) in [6, 6.07) is 6.93. The average Bonchev–Trinajstić information content (AvgIpc) is 3.47. The van der Waals surface area contributed by atoms with Gasteiger partial charge in [-0.2, -0.15) is 0 Å². The zero-order chi connectivity index (χ0) is 23.7. The fourth-order valence-electron chi connectivity index (χ4n) is 8.52. The number of hydrogen-bond acceptors (Lipinski definition) is 5. The first-order valence-electron chi connectivity index (χ1n) is 13.2. The molecule has 0 N–H and O–H groups in total. The summed E-state index contributed by atoms with van der Waals surface area (Å²) in [7, 11) is 5.70. The number of methoxy groups -OCH3 is 2. The first-order valence-corrected chi connectivity index (χ1v) is 13.2. The molecule has 186 valence electrons. The Kier molecular flexibility index (Phi) is 5.37. The van der Waals surface area contributed by atoms with E-state index in [0.29, 0.717) is 6.04 Å². The zero-order valence-corrected chi connectivity index (χ0v) is 21.6. The third kappa shape index (κ3) is 3.30. The molecule has 2 aliphatic heterocycles. The second kappa shape index (κ2) is 7.97. The Bertz CT molecular complexity index is 1000. The van der Waals surface area contributed by atoms with E-state index in [0.717, 1.165) is 56.3 Å². The van der Waals surface area contributed by atoms with Crippen molar-refractivity contribution < 1.29 is 18.9 Å². The van der Waals surface area contributed by atoms with Crippen molar-refractivity contribution in [1.82, 2.24) is 4.90 Å². The lowest BCUT2D eigenvalue weighted by atomic mass is 9.64. The first-order chi connectivity index (χ1) is 16.3. The van der Waals surface area contributed by atoms with Crippen LogP contribution in [0.1, 0.15) is 70.8 Å². The summed E-state index contributed by atoms with van der Waals surface area (Å²) >= 11 is 0. The summed E-state index contributed by atoms with van der Waals surface area (Å²) in [4.78, 5) is 2.54. The van der Waals surface area contributed by atoms with Gasteiger partial charge in [-0.15, -0.1) is 0 Å². The molecule has 2 bridgehead atoms. The number of nitrogens with zero attached hydrogens (tertiary/aromatic N) is 1. The SMILES string of the molecule is COc1ccc(C23CCN(C)C2CC2(CC3)OCC(C34CC(C)=C(CC(C)C3)C4)O2)cc1OC. The minimum Gasteiger partial charge on any atom is -0.493 e. The van der Waals surface area contributed by atoms with Gasteiger partial charge in [0.15, 0.2) is 17.3 Å². The smallest absolute Gasteiger partial charge is 0.170 e. The Morgan fingerprint density at radius 2 is 1.85 bits per heavy atom. The van der Waals surface area contributed by atoms with Crippen molar-refractivity contribution in [3.8, 4) is 11.5 Å². The van der Waals surface area contributed by atoms with Crippen molar-refractivity contribution in [2.24, 2.45) is 11.3 Å². The van der Waals surface area contributed by atoms with Gasteiger partial charge in [-0.1, -0.05) is 24.1 Å². The normalized spacial score (nSPS) is 41.9. The number of fused-ring (bicyclic) bond motifs is 3. The maximum absolute atomic E-state index is 7.05. The second-order valence-electron chi connectivity index (χ2n) is 12.1. The van der Waals surface area contributed by atoms with Crippen LogP contribution >= 0.6 is 0 Å². The van der Waals surface area contributed by atoms with E-state index in [1.54, 1.807) is 25.4 Å². The topological polar surface area (TPSA) is 40.2 Å². The summed E-state index contributed by atoms with van der Waals surface area (Å²) in [6.45, 7) is 6.63. The summed E-state index contributed by atoms with van der Waals surface area (Å²) in [5.74, 6) is 1.94. The van der Waals surface area contributed by atoms with E-state index in [4.69, 9.17) is 18.9 Å². The molecule has 3 aliphatic carbocycles.